The molecule has 1 aromatic rings. The van der Waals surface area contributed by atoms with Crippen LogP contribution in [0, 0.1) is 5.92 Å². The van der Waals surface area contributed by atoms with Gasteiger partial charge in [0.05, 0.1) is 27.5 Å². The lowest BCUT2D eigenvalue weighted by molar-refractivity contribution is -0.122. The van der Waals surface area contributed by atoms with E-state index in [2.05, 4.69) is 10.5 Å². The highest BCUT2D eigenvalue weighted by Gasteiger charge is 2.29. The number of methoxy groups -OCH3 is 3. The van der Waals surface area contributed by atoms with Crippen molar-refractivity contribution >= 4 is 12.1 Å². The van der Waals surface area contributed by atoms with Gasteiger partial charge in [-0.2, -0.15) is 5.10 Å². The van der Waals surface area contributed by atoms with Crippen LogP contribution in [-0.4, -0.2) is 33.5 Å². The summed E-state index contributed by atoms with van der Waals surface area (Å²) in [6, 6.07) is 3.52. The van der Waals surface area contributed by atoms with Crippen LogP contribution in [-0.2, 0) is 4.79 Å². The third-order valence-corrected chi connectivity index (χ3v) is 3.02. The maximum atomic E-state index is 11.4. The smallest absolute Gasteiger partial charge is 0.243 e. The van der Waals surface area contributed by atoms with Crippen LogP contribution in [0.15, 0.2) is 17.2 Å². The molecule has 20 heavy (non-hydrogen) atoms. The second kappa shape index (κ2) is 6.27. The average Bonchev–Trinajstić information content (AvgIpc) is 3.30. The number of benzene rings is 1. The van der Waals surface area contributed by atoms with E-state index in [1.807, 2.05) is 0 Å². The Morgan fingerprint density at radius 3 is 2.25 bits per heavy atom. The molecular weight excluding hydrogens is 260 g/mol. The number of nitrogens with zero attached hydrogens (tertiary/aromatic N) is 1. The SMILES string of the molecule is COc1cc(C=NNC(=O)C2CC2)cc(OC)c1OC. The number of nitrogens with one attached hydrogen (secondary N) is 1. The first-order valence-corrected chi connectivity index (χ1v) is 6.32. The maximum Gasteiger partial charge on any atom is 0.243 e. The third-order valence-electron chi connectivity index (χ3n) is 3.02. The minimum atomic E-state index is -0.0336. The van der Waals surface area contributed by atoms with Gasteiger partial charge in [0.15, 0.2) is 11.5 Å². The number of carbonyl (C=O) groups is 1. The van der Waals surface area contributed by atoms with Crippen molar-refractivity contribution in [3.05, 3.63) is 17.7 Å². The number of rotatable bonds is 6. The van der Waals surface area contributed by atoms with Gasteiger partial charge in [-0.05, 0) is 25.0 Å². The lowest BCUT2D eigenvalue weighted by atomic mass is 10.2. The highest BCUT2D eigenvalue weighted by molar-refractivity contribution is 5.85. The summed E-state index contributed by atoms with van der Waals surface area (Å²) in [4.78, 5) is 11.4. The largest absolute Gasteiger partial charge is 0.493 e. The molecule has 1 amide bonds. The molecule has 2 rings (SSSR count). The molecule has 108 valence electrons. The molecule has 0 heterocycles. The molecule has 1 N–H and O–H groups in total. The van der Waals surface area contributed by atoms with E-state index in [0.29, 0.717) is 17.2 Å². The fourth-order valence-corrected chi connectivity index (χ4v) is 1.78. The van der Waals surface area contributed by atoms with Crippen LogP contribution in [0.25, 0.3) is 0 Å². The van der Waals surface area contributed by atoms with Crippen LogP contribution in [0.4, 0.5) is 0 Å². The Bertz CT molecular complexity index is 499. The summed E-state index contributed by atoms with van der Waals surface area (Å²) in [6.45, 7) is 0. The minimum Gasteiger partial charge on any atom is -0.493 e. The zero-order valence-corrected chi connectivity index (χ0v) is 11.8. The van der Waals surface area contributed by atoms with Crippen molar-refractivity contribution in [3.63, 3.8) is 0 Å². The van der Waals surface area contributed by atoms with Crippen molar-refractivity contribution in [1.82, 2.24) is 5.43 Å². The minimum absolute atomic E-state index is 0.0336. The lowest BCUT2D eigenvalue weighted by Crippen LogP contribution is -2.18. The fourth-order valence-electron chi connectivity index (χ4n) is 1.78. The molecule has 0 bridgehead atoms. The van der Waals surface area contributed by atoms with Crippen LogP contribution < -0.4 is 19.6 Å². The summed E-state index contributed by atoms with van der Waals surface area (Å²) >= 11 is 0. The van der Waals surface area contributed by atoms with E-state index in [1.54, 1.807) is 39.7 Å². The molecule has 1 saturated carbocycles. The van der Waals surface area contributed by atoms with E-state index < -0.39 is 0 Å². The Balaban J connectivity index is 2.14. The molecule has 0 unspecified atom stereocenters. The molecule has 1 aliphatic rings. The van der Waals surface area contributed by atoms with Gasteiger partial charge in [0.2, 0.25) is 11.7 Å². The highest BCUT2D eigenvalue weighted by Crippen LogP contribution is 2.37. The average molecular weight is 278 g/mol. The fraction of sp³-hybridized carbons (Fsp3) is 0.429. The summed E-state index contributed by atoms with van der Waals surface area (Å²) in [6.07, 6.45) is 3.45. The van der Waals surface area contributed by atoms with Crippen molar-refractivity contribution in [1.29, 1.82) is 0 Å². The van der Waals surface area contributed by atoms with Gasteiger partial charge in [-0.25, -0.2) is 5.43 Å². The Morgan fingerprint density at radius 1 is 1.20 bits per heavy atom. The normalized spacial score (nSPS) is 14.2. The first-order chi connectivity index (χ1) is 9.69. The number of amides is 1. The number of hydrogen-bond donors (Lipinski definition) is 1. The van der Waals surface area contributed by atoms with Crippen molar-refractivity contribution < 1.29 is 19.0 Å². The monoisotopic (exact) mass is 278 g/mol. The zero-order chi connectivity index (χ0) is 14.5. The van der Waals surface area contributed by atoms with Gasteiger partial charge < -0.3 is 14.2 Å². The first kappa shape index (κ1) is 14.2. The van der Waals surface area contributed by atoms with E-state index >= 15 is 0 Å². The molecule has 1 aliphatic carbocycles. The standard InChI is InChI=1S/C14H18N2O4/c1-18-11-6-9(7-12(19-2)13(11)20-3)8-15-16-14(17)10-4-5-10/h6-8,10H,4-5H2,1-3H3,(H,16,17). The summed E-state index contributed by atoms with van der Waals surface area (Å²) in [5.74, 6) is 1.71. The lowest BCUT2D eigenvalue weighted by Gasteiger charge is -2.12. The first-order valence-electron chi connectivity index (χ1n) is 6.32. The van der Waals surface area contributed by atoms with Crippen molar-refractivity contribution in [3.8, 4) is 17.2 Å². The van der Waals surface area contributed by atoms with E-state index in [9.17, 15) is 4.79 Å². The second-order valence-electron chi connectivity index (χ2n) is 4.47. The van der Waals surface area contributed by atoms with Gasteiger partial charge in [0.1, 0.15) is 0 Å². The molecule has 0 atom stereocenters. The summed E-state index contributed by atoms with van der Waals surface area (Å²) < 4.78 is 15.7. The summed E-state index contributed by atoms with van der Waals surface area (Å²) in [5.41, 5.74) is 3.26. The van der Waals surface area contributed by atoms with Crippen LogP contribution in [0.3, 0.4) is 0 Å². The molecule has 1 fully saturated rings. The molecule has 6 heteroatoms. The van der Waals surface area contributed by atoms with E-state index in [4.69, 9.17) is 14.2 Å². The Morgan fingerprint density at radius 2 is 1.80 bits per heavy atom. The van der Waals surface area contributed by atoms with Crippen molar-refractivity contribution in [2.75, 3.05) is 21.3 Å². The molecule has 0 aliphatic heterocycles. The molecule has 0 spiro atoms. The predicted octanol–water partition coefficient (Wildman–Crippen LogP) is 1.57. The van der Waals surface area contributed by atoms with Crippen LogP contribution in [0.5, 0.6) is 17.2 Å². The highest BCUT2D eigenvalue weighted by atomic mass is 16.5. The van der Waals surface area contributed by atoms with E-state index in [0.717, 1.165) is 18.4 Å². The van der Waals surface area contributed by atoms with Gasteiger partial charge in [-0.15, -0.1) is 0 Å². The quantitative estimate of drug-likeness (QED) is 0.633. The number of carbonyl (C=O) groups excluding carboxylic acids is 1. The van der Waals surface area contributed by atoms with Crippen molar-refractivity contribution in [2.24, 2.45) is 11.0 Å². The number of hydrazone groups is 1. The molecular formula is C14H18N2O4. The van der Waals surface area contributed by atoms with E-state index in [-0.39, 0.29) is 11.8 Å². The van der Waals surface area contributed by atoms with Crippen LogP contribution >= 0.6 is 0 Å². The third kappa shape index (κ3) is 3.20. The van der Waals surface area contributed by atoms with Crippen LogP contribution in [0.1, 0.15) is 18.4 Å². The van der Waals surface area contributed by atoms with Gasteiger partial charge in [-0.3, -0.25) is 4.79 Å². The molecule has 0 aromatic heterocycles. The zero-order valence-electron chi connectivity index (χ0n) is 11.8. The Hall–Kier alpha value is -2.24. The van der Waals surface area contributed by atoms with Crippen molar-refractivity contribution in [2.45, 2.75) is 12.8 Å². The number of hydrogen-bond acceptors (Lipinski definition) is 5. The predicted molar refractivity (Wildman–Crippen MR) is 74.6 cm³/mol. The van der Waals surface area contributed by atoms with E-state index in [1.165, 1.54) is 0 Å². The molecule has 0 saturated heterocycles. The van der Waals surface area contributed by atoms with Gasteiger partial charge in [-0.1, -0.05) is 0 Å². The molecule has 6 nitrogen and oxygen atoms in total. The Kier molecular flexibility index (Phi) is 4.45. The number of ether oxygens (including phenoxy) is 3. The van der Waals surface area contributed by atoms with Gasteiger partial charge >= 0.3 is 0 Å². The Labute approximate surface area is 117 Å². The van der Waals surface area contributed by atoms with Gasteiger partial charge in [0, 0.05) is 11.5 Å². The van der Waals surface area contributed by atoms with Gasteiger partial charge in [0.25, 0.3) is 0 Å². The maximum absolute atomic E-state index is 11.4. The second-order valence-corrected chi connectivity index (χ2v) is 4.47. The molecule has 1 aromatic carbocycles. The van der Waals surface area contributed by atoms with Crippen LogP contribution in [0.2, 0.25) is 0 Å². The summed E-state index contributed by atoms with van der Waals surface area (Å²) in [7, 11) is 4.64. The molecule has 0 radical (unpaired) electrons. The summed E-state index contributed by atoms with van der Waals surface area (Å²) in [5, 5.41) is 3.93. The topological polar surface area (TPSA) is 69.2 Å².